The van der Waals surface area contributed by atoms with Crippen molar-refractivity contribution < 1.29 is 0 Å². The molecule has 0 saturated heterocycles. The Morgan fingerprint density at radius 1 is 1.58 bits per heavy atom. The van der Waals surface area contributed by atoms with Crippen LogP contribution in [0.5, 0.6) is 0 Å². The van der Waals surface area contributed by atoms with Crippen molar-refractivity contribution in [2.75, 3.05) is 0 Å². The molecule has 0 saturated carbocycles. The van der Waals surface area contributed by atoms with Crippen LogP contribution in [0.15, 0.2) is 18.5 Å². The first-order valence-corrected chi connectivity index (χ1v) is 5.08. The van der Waals surface area contributed by atoms with E-state index >= 15 is 0 Å². The molecule has 0 radical (unpaired) electrons. The standard InChI is InChI=1S/C9H11IN2/c1-7-4-9-5-11-3-2-8(9)6-12(7)10/h2-3,5,7H,4,6H2,1H3. The average molecular weight is 274 g/mol. The van der Waals surface area contributed by atoms with Crippen molar-refractivity contribution in [2.24, 2.45) is 0 Å². The van der Waals surface area contributed by atoms with Crippen LogP contribution in [0.2, 0.25) is 0 Å². The maximum Gasteiger partial charge on any atom is 0.0339 e. The highest BCUT2D eigenvalue weighted by molar-refractivity contribution is 14.1. The van der Waals surface area contributed by atoms with Gasteiger partial charge >= 0.3 is 0 Å². The van der Waals surface area contributed by atoms with Crippen LogP contribution in [0.1, 0.15) is 18.1 Å². The van der Waals surface area contributed by atoms with Gasteiger partial charge in [-0.25, -0.2) is 3.11 Å². The maximum absolute atomic E-state index is 4.14. The highest BCUT2D eigenvalue weighted by Crippen LogP contribution is 2.24. The summed E-state index contributed by atoms with van der Waals surface area (Å²) in [6, 6.07) is 2.76. The highest BCUT2D eigenvalue weighted by Gasteiger charge is 2.20. The minimum absolute atomic E-state index is 0.641. The largest absolute Gasteiger partial charge is 0.264 e. The summed E-state index contributed by atoms with van der Waals surface area (Å²) in [7, 11) is 0. The molecule has 1 aliphatic heterocycles. The predicted octanol–water partition coefficient (Wildman–Crippen LogP) is 2.18. The van der Waals surface area contributed by atoms with Gasteiger partial charge in [-0.1, -0.05) is 0 Å². The van der Waals surface area contributed by atoms with E-state index in [2.05, 4.69) is 44.0 Å². The Bertz CT molecular complexity index is 259. The van der Waals surface area contributed by atoms with E-state index in [9.17, 15) is 0 Å². The van der Waals surface area contributed by atoms with Gasteiger partial charge in [-0.2, -0.15) is 0 Å². The van der Waals surface area contributed by atoms with Gasteiger partial charge in [0.15, 0.2) is 0 Å². The van der Waals surface area contributed by atoms with Crippen LogP contribution in [0, 0.1) is 0 Å². The van der Waals surface area contributed by atoms with Crippen LogP contribution in [0.3, 0.4) is 0 Å². The van der Waals surface area contributed by atoms with Gasteiger partial charge in [0, 0.05) is 47.8 Å². The van der Waals surface area contributed by atoms with Crippen LogP contribution in [-0.2, 0) is 13.0 Å². The molecular formula is C9H11IN2. The summed E-state index contributed by atoms with van der Waals surface area (Å²) in [4.78, 5) is 4.14. The summed E-state index contributed by atoms with van der Waals surface area (Å²) in [5.41, 5.74) is 2.84. The number of nitrogens with zero attached hydrogens (tertiary/aromatic N) is 2. The van der Waals surface area contributed by atoms with E-state index in [4.69, 9.17) is 0 Å². The molecule has 64 valence electrons. The Labute approximate surface area is 86.5 Å². The van der Waals surface area contributed by atoms with E-state index in [1.54, 1.807) is 0 Å². The summed E-state index contributed by atoms with van der Waals surface area (Å²) in [6.07, 6.45) is 5.00. The fourth-order valence-corrected chi connectivity index (χ4v) is 2.09. The van der Waals surface area contributed by atoms with Crippen molar-refractivity contribution in [3.05, 3.63) is 29.6 Å². The number of aromatic nitrogens is 1. The lowest BCUT2D eigenvalue weighted by molar-refractivity contribution is 0.372. The van der Waals surface area contributed by atoms with E-state index in [-0.39, 0.29) is 0 Å². The molecule has 1 aromatic heterocycles. The summed E-state index contributed by atoms with van der Waals surface area (Å²) in [5, 5.41) is 0. The zero-order valence-corrected chi connectivity index (χ0v) is 9.15. The van der Waals surface area contributed by atoms with Crippen molar-refractivity contribution in [2.45, 2.75) is 25.9 Å². The molecule has 0 bridgehead atoms. The molecule has 0 N–H and O–H groups in total. The molecule has 0 amide bonds. The van der Waals surface area contributed by atoms with Gasteiger partial charge in [-0.05, 0) is 30.5 Å². The first-order chi connectivity index (χ1) is 5.77. The number of hydrogen-bond donors (Lipinski definition) is 0. The third-order valence-corrected chi connectivity index (χ3v) is 3.61. The number of rotatable bonds is 0. The van der Waals surface area contributed by atoms with Crippen molar-refractivity contribution in [1.82, 2.24) is 8.10 Å². The van der Waals surface area contributed by atoms with Crippen molar-refractivity contribution in [1.29, 1.82) is 0 Å². The molecule has 12 heavy (non-hydrogen) atoms. The van der Waals surface area contributed by atoms with Crippen LogP contribution in [0.25, 0.3) is 0 Å². The molecule has 0 fully saturated rings. The monoisotopic (exact) mass is 274 g/mol. The lowest BCUT2D eigenvalue weighted by Gasteiger charge is -2.29. The van der Waals surface area contributed by atoms with Crippen molar-refractivity contribution >= 4 is 22.9 Å². The lowest BCUT2D eigenvalue weighted by atomic mass is 9.99. The summed E-state index contributed by atoms with van der Waals surface area (Å²) in [6.45, 7) is 3.31. The van der Waals surface area contributed by atoms with Gasteiger partial charge in [-0.3, -0.25) is 4.98 Å². The lowest BCUT2D eigenvalue weighted by Crippen LogP contribution is -2.30. The Balaban J connectivity index is 2.34. The highest BCUT2D eigenvalue weighted by atomic mass is 127. The first-order valence-electron chi connectivity index (χ1n) is 4.11. The van der Waals surface area contributed by atoms with Gasteiger partial charge in [0.25, 0.3) is 0 Å². The Morgan fingerprint density at radius 2 is 2.42 bits per heavy atom. The minimum atomic E-state index is 0.641. The molecule has 0 aliphatic carbocycles. The Kier molecular flexibility index (Phi) is 2.32. The van der Waals surface area contributed by atoms with Crippen molar-refractivity contribution in [3.63, 3.8) is 0 Å². The second-order valence-electron chi connectivity index (χ2n) is 3.26. The number of pyridine rings is 1. The van der Waals surface area contributed by atoms with Crippen LogP contribution in [-0.4, -0.2) is 14.1 Å². The zero-order chi connectivity index (χ0) is 8.55. The third-order valence-electron chi connectivity index (χ3n) is 2.32. The molecular weight excluding hydrogens is 263 g/mol. The second-order valence-corrected chi connectivity index (χ2v) is 4.49. The molecule has 0 aromatic carbocycles. The average Bonchev–Trinajstić information content (AvgIpc) is 2.07. The fourth-order valence-electron chi connectivity index (χ4n) is 1.53. The quantitative estimate of drug-likeness (QED) is 0.532. The smallest absolute Gasteiger partial charge is 0.0339 e. The molecule has 0 spiro atoms. The first kappa shape index (κ1) is 8.44. The summed E-state index contributed by atoms with van der Waals surface area (Å²) in [5.74, 6) is 0. The summed E-state index contributed by atoms with van der Waals surface area (Å²) >= 11 is 2.39. The molecule has 1 unspecified atom stereocenters. The SMILES string of the molecule is CC1Cc2cnccc2CN1I. The maximum atomic E-state index is 4.14. The molecule has 1 aliphatic rings. The van der Waals surface area contributed by atoms with Crippen LogP contribution >= 0.6 is 22.9 Å². The summed E-state index contributed by atoms with van der Waals surface area (Å²) < 4.78 is 2.35. The molecule has 2 heterocycles. The molecule has 1 atom stereocenters. The van der Waals surface area contributed by atoms with Gasteiger partial charge < -0.3 is 0 Å². The van der Waals surface area contributed by atoms with Crippen molar-refractivity contribution in [3.8, 4) is 0 Å². The third kappa shape index (κ3) is 1.47. The van der Waals surface area contributed by atoms with Crippen LogP contribution in [0.4, 0.5) is 0 Å². The minimum Gasteiger partial charge on any atom is -0.264 e. The number of hydrogen-bond acceptors (Lipinski definition) is 2. The van der Waals surface area contributed by atoms with Gasteiger partial charge in [0.2, 0.25) is 0 Å². The topological polar surface area (TPSA) is 16.1 Å². The molecule has 1 aromatic rings. The zero-order valence-electron chi connectivity index (χ0n) is 7.00. The number of halogens is 1. The molecule has 2 nitrogen and oxygen atoms in total. The predicted molar refractivity (Wildman–Crippen MR) is 57.0 cm³/mol. The Hall–Kier alpha value is -0.160. The normalized spacial score (nSPS) is 23.7. The fraction of sp³-hybridized carbons (Fsp3) is 0.444. The van der Waals surface area contributed by atoms with E-state index in [1.807, 2.05) is 12.4 Å². The van der Waals surface area contributed by atoms with Gasteiger partial charge in [0.1, 0.15) is 0 Å². The van der Waals surface area contributed by atoms with E-state index in [1.165, 1.54) is 11.1 Å². The van der Waals surface area contributed by atoms with E-state index in [0.717, 1.165) is 13.0 Å². The van der Waals surface area contributed by atoms with Gasteiger partial charge in [0.05, 0.1) is 0 Å². The number of fused-ring (bicyclic) bond motifs is 1. The second kappa shape index (κ2) is 3.30. The van der Waals surface area contributed by atoms with Crippen LogP contribution < -0.4 is 0 Å². The van der Waals surface area contributed by atoms with Gasteiger partial charge in [-0.15, -0.1) is 0 Å². The molecule has 2 rings (SSSR count). The van der Waals surface area contributed by atoms with E-state index < -0.39 is 0 Å². The van der Waals surface area contributed by atoms with E-state index in [0.29, 0.717) is 6.04 Å². The Morgan fingerprint density at radius 3 is 3.25 bits per heavy atom. The molecule has 3 heteroatoms.